The van der Waals surface area contributed by atoms with Crippen LogP contribution in [0.2, 0.25) is 0 Å². The number of unbranched alkanes of at least 4 members (excludes halogenated alkanes) is 1. The summed E-state index contributed by atoms with van der Waals surface area (Å²) in [6.07, 6.45) is 3.37. The van der Waals surface area contributed by atoms with Crippen molar-refractivity contribution in [3.63, 3.8) is 0 Å². The number of likely N-dealkylation sites (tertiary alicyclic amines) is 1. The van der Waals surface area contributed by atoms with Crippen molar-refractivity contribution < 1.29 is 18.8 Å². The minimum atomic E-state index is -3.53. The van der Waals surface area contributed by atoms with Crippen LogP contribution in [0.15, 0.2) is 47.4 Å². The van der Waals surface area contributed by atoms with Gasteiger partial charge in [0, 0.05) is 12.6 Å². The van der Waals surface area contributed by atoms with E-state index in [9.17, 15) is 14.1 Å². The van der Waals surface area contributed by atoms with Crippen LogP contribution in [0, 0.1) is 4.78 Å². The molecule has 0 bridgehead atoms. The molecule has 2 aromatic rings. The highest BCUT2D eigenvalue weighted by Crippen LogP contribution is 2.38. The van der Waals surface area contributed by atoms with Crippen molar-refractivity contribution in [3.05, 3.63) is 48.0 Å². The molecule has 3 rings (SSSR count). The number of aromatic carboxylic acids is 1. The Morgan fingerprint density at radius 2 is 1.94 bits per heavy atom. The molecule has 0 amide bonds. The molecule has 0 aromatic heterocycles. The molecule has 1 aliphatic heterocycles. The smallest absolute Gasteiger partial charge is 0.335 e. The Balaban J connectivity index is 2.04. The normalized spacial score (nSPS) is 16.9. The van der Waals surface area contributed by atoms with E-state index < -0.39 is 15.9 Å². The lowest BCUT2D eigenvalue weighted by Crippen LogP contribution is -2.43. The van der Waals surface area contributed by atoms with Crippen LogP contribution >= 0.6 is 0 Å². The molecule has 1 unspecified atom stereocenters. The maximum absolute atomic E-state index is 13.6. The zero-order chi connectivity index (χ0) is 23.1. The van der Waals surface area contributed by atoms with Gasteiger partial charge in [-0.1, -0.05) is 31.5 Å². The molecule has 1 fully saturated rings. The number of hydrogen-bond donors (Lipinski definition) is 4. The fourth-order valence-electron chi connectivity index (χ4n) is 3.61. The van der Waals surface area contributed by atoms with Crippen molar-refractivity contribution in [1.82, 2.24) is 9.62 Å². The van der Waals surface area contributed by atoms with E-state index in [2.05, 4.69) is 21.9 Å². The van der Waals surface area contributed by atoms with Crippen LogP contribution < -0.4 is 14.8 Å². The largest absolute Gasteiger partial charge is 0.478 e. The van der Waals surface area contributed by atoms with Crippen molar-refractivity contribution >= 4 is 21.6 Å². The van der Waals surface area contributed by atoms with E-state index in [1.165, 1.54) is 12.1 Å². The summed E-state index contributed by atoms with van der Waals surface area (Å²) in [6.45, 7) is 4.36. The first kappa shape index (κ1) is 24.0. The molecule has 174 valence electrons. The molecule has 1 saturated heterocycles. The predicted molar refractivity (Wildman–Crippen MR) is 126 cm³/mol. The van der Waals surface area contributed by atoms with Crippen molar-refractivity contribution in [1.29, 1.82) is 4.78 Å². The van der Waals surface area contributed by atoms with E-state index in [1.54, 1.807) is 12.1 Å². The maximum Gasteiger partial charge on any atom is 0.335 e. The Morgan fingerprint density at radius 3 is 2.56 bits per heavy atom. The second-order valence-corrected chi connectivity index (χ2v) is 9.89. The van der Waals surface area contributed by atoms with Crippen LogP contribution in [-0.2, 0) is 9.92 Å². The fourth-order valence-corrected chi connectivity index (χ4v) is 5.14. The topological polar surface area (TPSA) is 115 Å². The number of nitrogens with zero attached hydrogens (tertiary/aromatic N) is 1. The van der Waals surface area contributed by atoms with Gasteiger partial charge in [-0.05, 0) is 63.7 Å². The van der Waals surface area contributed by atoms with Crippen LogP contribution in [0.1, 0.15) is 43.0 Å². The Morgan fingerprint density at radius 1 is 1.25 bits per heavy atom. The van der Waals surface area contributed by atoms with Crippen molar-refractivity contribution in [2.75, 3.05) is 32.0 Å². The lowest BCUT2D eigenvalue weighted by atomic mass is 10.1. The number of nitrogens with one attached hydrogen (secondary N) is 3. The predicted octanol–water partition coefficient (Wildman–Crippen LogP) is 4.39. The first-order valence-corrected chi connectivity index (χ1v) is 12.5. The minimum absolute atomic E-state index is 0.0374. The summed E-state index contributed by atoms with van der Waals surface area (Å²) < 4.78 is 31.4. The number of carboxylic acids is 1. The van der Waals surface area contributed by atoms with Gasteiger partial charge in [0.1, 0.15) is 20.6 Å². The monoisotopic (exact) mass is 460 g/mol. The van der Waals surface area contributed by atoms with Gasteiger partial charge in [-0.2, -0.15) is 0 Å². The summed E-state index contributed by atoms with van der Waals surface area (Å²) >= 11 is 0. The molecule has 0 radical (unpaired) electrons. The lowest BCUT2D eigenvalue weighted by Gasteiger charge is -2.30. The number of carboxylic acid groups (broad SMARTS) is 1. The Labute approximate surface area is 190 Å². The SMILES string of the molecule is CCCCNc1cc(C(=O)O)cc(S(=N)(=O)NC2CCN(C)CC2)c1Oc1ccccc1. The van der Waals surface area contributed by atoms with Gasteiger partial charge >= 0.3 is 5.97 Å². The van der Waals surface area contributed by atoms with Gasteiger partial charge in [0.2, 0.25) is 0 Å². The third-order valence-corrected chi connectivity index (χ3v) is 7.06. The number of hydrogen-bond acceptors (Lipinski definition) is 6. The third kappa shape index (κ3) is 6.21. The molecule has 1 heterocycles. The zero-order valence-electron chi connectivity index (χ0n) is 18.6. The van der Waals surface area contributed by atoms with Crippen molar-refractivity contribution in [2.45, 2.75) is 43.5 Å². The van der Waals surface area contributed by atoms with E-state index in [4.69, 9.17) is 9.52 Å². The second-order valence-electron chi connectivity index (χ2n) is 8.10. The van der Waals surface area contributed by atoms with E-state index in [-0.39, 0.29) is 22.3 Å². The van der Waals surface area contributed by atoms with Gasteiger partial charge in [-0.25, -0.2) is 18.5 Å². The van der Waals surface area contributed by atoms with Crippen LogP contribution in [0.5, 0.6) is 11.5 Å². The third-order valence-electron chi connectivity index (χ3n) is 5.47. The quantitative estimate of drug-likeness (QED) is 0.391. The van der Waals surface area contributed by atoms with E-state index in [1.807, 2.05) is 25.2 Å². The van der Waals surface area contributed by atoms with Gasteiger partial charge in [0.05, 0.1) is 11.3 Å². The summed E-state index contributed by atoms with van der Waals surface area (Å²) in [7, 11) is -1.50. The minimum Gasteiger partial charge on any atom is -0.478 e. The number of para-hydroxylation sites is 1. The van der Waals surface area contributed by atoms with Crippen LogP contribution in [0.4, 0.5) is 5.69 Å². The molecule has 8 nitrogen and oxygen atoms in total. The molecular formula is C23H32N4O4S. The first-order chi connectivity index (χ1) is 15.3. The highest BCUT2D eigenvalue weighted by atomic mass is 32.2. The summed E-state index contributed by atoms with van der Waals surface area (Å²) in [6, 6.07) is 11.7. The molecule has 9 heteroatoms. The summed E-state index contributed by atoms with van der Waals surface area (Å²) in [5, 5.41) is 12.9. The van der Waals surface area contributed by atoms with Crippen LogP contribution in [0.3, 0.4) is 0 Å². The zero-order valence-corrected chi connectivity index (χ0v) is 19.4. The highest BCUT2D eigenvalue weighted by Gasteiger charge is 2.27. The Bertz CT molecular complexity index is 1020. The first-order valence-electron chi connectivity index (χ1n) is 10.9. The molecular weight excluding hydrogens is 428 g/mol. The molecule has 0 saturated carbocycles. The van der Waals surface area contributed by atoms with Crippen LogP contribution in [0.25, 0.3) is 0 Å². The highest BCUT2D eigenvalue weighted by molar-refractivity contribution is 7.90. The van der Waals surface area contributed by atoms with E-state index in [0.717, 1.165) is 38.8 Å². The Hall–Kier alpha value is -2.62. The number of ether oxygens (including phenoxy) is 1. The van der Waals surface area contributed by atoms with Gasteiger partial charge < -0.3 is 20.1 Å². The van der Waals surface area contributed by atoms with E-state index in [0.29, 0.717) is 18.0 Å². The summed E-state index contributed by atoms with van der Waals surface area (Å²) in [5.41, 5.74) is 0.381. The Kier molecular flexibility index (Phi) is 8.11. The number of carbonyl (C=O) groups is 1. The molecule has 0 aliphatic carbocycles. The molecule has 4 N–H and O–H groups in total. The number of piperidine rings is 1. The number of benzene rings is 2. The van der Waals surface area contributed by atoms with Gasteiger partial charge in [0.15, 0.2) is 5.75 Å². The molecule has 2 aromatic carbocycles. The molecule has 1 atom stereocenters. The fraction of sp³-hybridized carbons (Fsp3) is 0.435. The van der Waals surface area contributed by atoms with Crippen LogP contribution in [-0.4, -0.2) is 52.9 Å². The summed E-state index contributed by atoms with van der Waals surface area (Å²) in [5.74, 6) is -0.409. The van der Waals surface area contributed by atoms with Gasteiger partial charge in [-0.3, -0.25) is 0 Å². The maximum atomic E-state index is 13.6. The number of rotatable bonds is 10. The van der Waals surface area contributed by atoms with Crippen molar-refractivity contribution in [3.8, 4) is 11.5 Å². The van der Waals surface area contributed by atoms with Gasteiger partial charge in [-0.15, -0.1) is 0 Å². The molecule has 32 heavy (non-hydrogen) atoms. The number of anilines is 1. The second kappa shape index (κ2) is 10.8. The average Bonchev–Trinajstić information content (AvgIpc) is 2.76. The van der Waals surface area contributed by atoms with Crippen molar-refractivity contribution in [2.24, 2.45) is 0 Å². The summed E-state index contributed by atoms with van der Waals surface area (Å²) in [4.78, 5) is 14.0. The molecule has 0 spiro atoms. The molecule has 1 aliphatic rings. The van der Waals surface area contributed by atoms with E-state index >= 15 is 0 Å². The standard InChI is InChI=1S/C23H32N4O4S/c1-3-4-12-25-20-15-17(23(28)29)16-21(22(20)31-19-8-6-5-7-9-19)32(24,30)26-18-10-13-27(2)14-11-18/h5-9,15-16,18,25H,3-4,10-14H2,1-2H3,(H,28,29)(H2,24,26,30). The lowest BCUT2D eigenvalue weighted by molar-refractivity contribution is 0.0696. The van der Waals surface area contributed by atoms with Gasteiger partial charge in [0.25, 0.3) is 0 Å². The average molecular weight is 461 g/mol.